The van der Waals surface area contributed by atoms with Crippen LogP contribution in [-0.4, -0.2) is 18.1 Å². The second-order valence-electron chi connectivity index (χ2n) is 4.39. The van der Waals surface area contributed by atoms with Crippen molar-refractivity contribution in [1.82, 2.24) is 10.3 Å². The van der Waals surface area contributed by atoms with Crippen molar-refractivity contribution in [3.63, 3.8) is 0 Å². The Labute approximate surface area is 93.1 Å². The SMILES string of the molecule is CC(C)CCCNCCc1ccncc1. The van der Waals surface area contributed by atoms with Gasteiger partial charge in [-0.25, -0.2) is 0 Å². The first-order chi connectivity index (χ1) is 7.29. The minimum atomic E-state index is 0.826. The van der Waals surface area contributed by atoms with Crippen LogP contribution in [0.25, 0.3) is 0 Å². The topological polar surface area (TPSA) is 24.9 Å². The van der Waals surface area contributed by atoms with Gasteiger partial charge in [0.2, 0.25) is 0 Å². The standard InChI is InChI=1S/C13H22N2/c1-12(2)4-3-8-14-9-5-13-6-10-15-11-7-13/h6-7,10-12,14H,3-5,8-9H2,1-2H3. The lowest BCUT2D eigenvalue weighted by Crippen LogP contribution is -2.18. The third kappa shape index (κ3) is 6.24. The number of hydrogen-bond donors (Lipinski definition) is 1. The summed E-state index contributed by atoms with van der Waals surface area (Å²) >= 11 is 0. The molecule has 15 heavy (non-hydrogen) atoms. The summed E-state index contributed by atoms with van der Waals surface area (Å²) in [5, 5.41) is 3.47. The van der Waals surface area contributed by atoms with Gasteiger partial charge in [-0.1, -0.05) is 13.8 Å². The lowest BCUT2D eigenvalue weighted by atomic mass is 10.1. The van der Waals surface area contributed by atoms with Crippen molar-refractivity contribution in [3.8, 4) is 0 Å². The van der Waals surface area contributed by atoms with Crippen LogP contribution in [0.4, 0.5) is 0 Å². The molecule has 0 amide bonds. The Balaban J connectivity index is 1.98. The van der Waals surface area contributed by atoms with E-state index in [0.29, 0.717) is 0 Å². The Hall–Kier alpha value is -0.890. The van der Waals surface area contributed by atoms with Gasteiger partial charge in [0.15, 0.2) is 0 Å². The molecular formula is C13H22N2. The van der Waals surface area contributed by atoms with E-state index in [0.717, 1.165) is 25.4 Å². The molecule has 0 unspecified atom stereocenters. The first-order valence-corrected chi connectivity index (χ1v) is 5.88. The number of rotatable bonds is 7. The van der Waals surface area contributed by atoms with Crippen LogP contribution < -0.4 is 5.32 Å². The lowest BCUT2D eigenvalue weighted by Gasteiger charge is -2.06. The van der Waals surface area contributed by atoms with E-state index in [1.54, 1.807) is 0 Å². The smallest absolute Gasteiger partial charge is 0.0270 e. The maximum Gasteiger partial charge on any atom is 0.0270 e. The minimum Gasteiger partial charge on any atom is -0.316 e. The molecule has 1 N–H and O–H groups in total. The molecule has 0 radical (unpaired) electrons. The highest BCUT2D eigenvalue weighted by Gasteiger charge is 1.94. The lowest BCUT2D eigenvalue weighted by molar-refractivity contribution is 0.528. The van der Waals surface area contributed by atoms with E-state index in [4.69, 9.17) is 0 Å². The molecule has 2 nitrogen and oxygen atoms in total. The Bertz CT molecular complexity index is 244. The van der Waals surface area contributed by atoms with E-state index in [2.05, 4.69) is 36.3 Å². The molecule has 1 rings (SSSR count). The van der Waals surface area contributed by atoms with Gasteiger partial charge in [-0.15, -0.1) is 0 Å². The van der Waals surface area contributed by atoms with Crippen molar-refractivity contribution in [2.75, 3.05) is 13.1 Å². The van der Waals surface area contributed by atoms with E-state index >= 15 is 0 Å². The molecule has 0 atom stereocenters. The molecule has 1 heterocycles. The number of nitrogens with one attached hydrogen (secondary N) is 1. The van der Waals surface area contributed by atoms with Gasteiger partial charge in [-0.2, -0.15) is 0 Å². The molecule has 0 fully saturated rings. The second kappa shape index (κ2) is 7.41. The van der Waals surface area contributed by atoms with E-state index in [-0.39, 0.29) is 0 Å². The van der Waals surface area contributed by atoms with Crippen molar-refractivity contribution in [2.45, 2.75) is 33.1 Å². The van der Waals surface area contributed by atoms with Crippen molar-refractivity contribution in [1.29, 1.82) is 0 Å². The summed E-state index contributed by atoms with van der Waals surface area (Å²) in [6, 6.07) is 4.16. The highest BCUT2D eigenvalue weighted by Crippen LogP contribution is 2.01. The third-order valence-corrected chi connectivity index (χ3v) is 2.47. The average Bonchev–Trinajstić information content (AvgIpc) is 2.24. The monoisotopic (exact) mass is 206 g/mol. The quantitative estimate of drug-likeness (QED) is 0.694. The van der Waals surface area contributed by atoms with E-state index in [1.807, 2.05) is 12.4 Å². The molecule has 0 aromatic carbocycles. The van der Waals surface area contributed by atoms with Gasteiger partial charge in [0.05, 0.1) is 0 Å². The summed E-state index contributed by atoms with van der Waals surface area (Å²) in [5.74, 6) is 0.826. The predicted molar refractivity (Wildman–Crippen MR) is 64.9 cm³/mol. The van der Waals surface area contributed by atoms with Crippen LogP contribution in [0.15, 0.2) is 24.5 Å². The van der Waals surface area contributed by atoms with E-state index in [1.165, 1.54) is 18.4 Å². The molecule has 0 aliphatic carbocycles. The van der Waals surface area contributed by atoms with Crippen LogP contribution >= 0.6 is 0 Å². The number of aromatic nitrogens is 1. The molecule has 1 aromatic heterocycles. The van der Waals surface area contributed by atoms with Crippen LogP contribution in [0.1, 0.15) is 32.3 Å². The normalized spacial score (nSPS) is 10.9. The highest BCUT2D eigenvalue weighted by molar-refractivity contribution is 5.09. The van der Waals surface area contributed by atoms with Crippen LogP contribution in [0.3, 0.4) is 0 Å². The van der Waals surface area contributed by atoms with Crippen molar-refractivity contribution in [3.05, 3.63) is 30.1 Å². The van der Waals surface area contributed by atoms with Crippen molar-refractivity contribution >= 4 is 0 Å². The third-order valence-electron chi connectivity index (χ3n) is 2.47. The molecule has 0 aliphatic rings. The van der Waals surface area contributed by atoms with Crippen molar-refractivity contribution in [2.24, 2.45) is 5.92 Å². The van der Waals surface area contributed by atoms with E-state index in [9.17, 15) is 0 Å². The summed E-state index contributed by atoms with van der Waals surface area (Å²) in [7, 11) is 0. The molecule has 1 aromatic rings. The molecule has 2 heteroatoms. The highest BCUT2D eigenvalue weighted by atomic mass is 14.8. The molecule has 0 aliphatic heterocycles. The molecule has 0 saturated carbocycles. The summed E-state index contributed by atoms with van der Waals surface area (Å²) in [6.07, 6.45) is 7.42. The largest absolute Gasteiger partial charge is 0.316 e. The fourth-order valence-corrected chi connectivity index (χ4v) is 1.54. The Morgan fingerprint density at radius 3 is 2.60 bits per heavy atom. The minimum absolute atomic E-state index is 0.826. The average molecular weight is 206 g/mol. The zero-order chi connectivity index (χ0) is 10.9. The second-order valence-corrected chi connectivity index (χ2v) is 4.39. The fourth-order valence-electron chi connectivity index (χ4n) is 1.54. The van der Waals surface area contributed by atoms with Gasteiger partial charge < -0.3 is 5.32 Å². The molecule has 84 valence electrons. The van der Waals surface area contributed by atoms with Gasteiger partial charge in [0.25, 0.3) is 0 Å². The van der Waals surface area contributed by atoms with Crippen LogP contribution in [-0.2, 0) is 6.42 Å². The summed E-state index contributed by atoms with van der Waals surface area (Å²) < 4.78 is 0. The Morgan fingerprint density at radius 1 is 1.20 bits per heavy atom. The number of nitrogens with zero attached hydrogens (tertiary/aromatic N) is 1. The Morgan fingerprint density at radius 2 is 1.93 bits per heavy atom. The van der Waals surface area contributed by atoms with Crippen LogP contribution in [0, 0.1) is 5.92 Å². The first-order valence-electron chi connectivity index (χ1n) is 5.88. The zero-order valence-electron chi connectivity index (χ0n) is 9.87. The summed E-state index contributed by atoms with van der Waals surface area (Å²) in [5.41, 5.74) is 1.36. The predicted octanol–water partition coefficient (Wildman–Crippen LogP) is 2.65. The molecular weight excluding hydrogens is 184 g/mol. The fraction of sp³-hybridized carbons (Fsp3) is 0.615. The zero-order valence-corrected chi connectivity index (χ0v) is 9.87. The van der Waals surface area contributed by atoms with Gasteiger partial charge in [0, 0.05) is 12.4 Å². The van der Waals surface area contributed by atoms with Gasteiger partial charge in [-0.05, 0) is 56.0 Å². The summed E-state index contributed by atoms with van der Waals surface area (Å²) in [4.78, 5) is 4.00. The molecule has 0 spiro atoms. The van der Waals surface area contributed by atoms with Gasteiger partial charge >= 0.3 is 0 Å². The van der Waals surface area contributed by atoms with Crippen LogP contribution in [0.2, 0.25) is 0 Å². The number of pyridine rings is 1. The van der Waals surface area contributed by atoms with Crippen LogP contribution in [0.5, 0.6) is 0 Å². The maximum atomic E-state index is 4.00. The van der Waals surface area contributed by atoms with Gasteiger partial charge in [0.1, 0.15) is 0 Å². The van der Waals surface area contributed by atoms with Crippen molar-refractivity contribution < 1.29 is 0 Å². The van der Waals surface area contributed by atoms with Gasteiger partial charge in [-0.3, -0.25) is 4.98 Å². The van der Waals surface area contributed by atoms with E-state index < -0.39 is 0 Å². The molecule has 0 bridgehead atoms. The Kier molecular flexibility index (Phi) is 6.02. The summed E-state index contributed by atoms with van der Waals surface area (Å²) in [6.45, 7) is 6.76. The first kappa shape index (κ1) is 12.2. The number of hydrogen-bond acceptors (Lipinski definition) is 2. The molecule has 0 saturated heterocycles. The maximum absolute atomic E-state index is 4.00.